The molecule has 0 spiro atoms. The lowest BCUT2D eigenvalue weighted by Gasteiger charge is -2.25. The van der Waals surface area contributed by atoms with Crippen molar-refractivity contribution in [3.8, 4) is 0 Å². The average molecular weight is 266 g/mol. The maximum absolute atomic E-state index is 12.7. The number of ketones is 2. The van der Waals surface area contributed by atoms with Crippen molar-refractivity contribution in [3.05, 3.63) is 71.8 Å². The molecule has 0 aromatic heterocycles. The van der Waals surface area contributed by atoms with Crippen LogP contribution in [0.2, 0.25) is 0 Å². The third-order valence-electron chi connectivity index (χ3n) is 3.78. The maximum atomic E-state index is 12.7. The minimum absolute atomic E-state index is 0.116. The van der Waals surface area contributed by atoms with Gasteiger partial charge in [0.2, 0.25) is 0 Å². The molecule has 0 bridgehead atoms. The number of rotatable bonds is 5. The van der Waals surface area contributed by atoms with E-state index >= 15 is 0 Å². The smallest absolute Gasteiger partial charge is 0.176 e. The first-order valence-corrected chi connectivity index (χ1v) is 6.79. The van der Waals surface area contributed by atoms with E-state index in [-0.39, 0.29) is 11.6 Å². The summed E-state index contributed by atoms with van der Waals surface area (Å²) in [5.74, 6) is -0.232. The van der Waals surface area contributed by atoms with E-state index < -0.39 is 5.41 Å². The first kappa shape index (κ1) is 14.2. The standard InChI is InChI=1S/C18H18O2/c1-3-18(2,16(19)14-10-6-4-7-11-14)17(20)15-12-8-5-9-13-15/h4-13H,3H2,1-2H3. The topological polar surface area (TPSA) is 34.1 Å². The fraction of sp³-hybridized carbons (Fsp3) is 0.222. The molecule has 20 heavy (non-hydrogen) atoms. The first-order valence-electron chi connectivity index (χ1n) is 6.79. The largest absolute Gasteiger partial charge is 0.293 e. The van der Waals surface area contributed by atoms with Gasteiger partial charge in [-0.2, -0.15) is 0 Å². The Morgan fingerprint density at radius 3 is 1.45 bits per heavy atom. The molecule has 0 aliphatic rings. The Kier molecular flexibility index (Phi) is 4.14. The Hall–Kier alpha value is -2.22. The highest BCUT2D eigenvalue weighted by Gasteiger charge is 2.39. The number of hydrogen-bond acceptors (Lipinski definition) is 2. The Labute approximate surface area is 119 Å². The molecule has 0 atom stereocenters. The molecular formula is C18H18O2. The molecule has 0 radical (unpaired) electrons. The van der Waals surface area contributed by atoms with E-state index in [1.807, 2.05) is 43.3 Å². The van der Waals surface area contributed by atoms with Gasteiger partial charge < -0.3 is 0 Å². The lowest BCUT2D eigenvalue weighted by Crippen LogP contribution is -2.36. The Morgan fingerprint density at radius 1 is 0.800 bits per heavy atom. The molecule has 0 amide bonds. The van der Waals surface area contributed by atoms with Crippen molar-refractivity contribution in [2.45, 2.75) is 20.3 Å². The van der Waals surface area contributed by atoms with Gasteiger partial charge in [-0.3, -0.25) is 9.59 Å². The van der Waals surface area contributed by atoms with Gasteiger partial charge in [0.1, 0.15) is 0 Å². The molecule has 0 N–H and O–H groups in total. The van der Waals surface area contributed by atoms with Crippen LogP contribution in [0.1, 0.15) is 41.0 Å². The molecule has 2 heteroatoms. The van der Waals surface area contributed by atoms with Gasteiger partial charge in [-0.15, -0.1) is 0 Å². The van der Waals surface area contributed by atoms with Crippen LogP contribution in [0.25, 0.3) is 0 Å². The molecule has 2 nitrogen and oxygen atoms in total. The molecule has 0 heterocycles. The van der Waals surface area contributed by atoms with Gasteiger partial charge >= 0.3 is 0 Å². The van der Waals surface area contributed by atoms with Crippen LogP contribution in [0.3, 0.4) is 0 Å². The predicted molar refractivity (Wildman–Crippen MR) is 79.9 cm³/mol. The summed E-state index contributed by atoms with van der Waals surface area (Å²) in [7, 11) is 0. The van der Waals surface area contributed by atoms with E-state index in [9.17, 15) is 9.59 Å². The summed E-state index contributed by atoms with van der Waals surface area (Å²) in [6, 6.07) is 18.0. The van der Waals surface area contributed by atoms with Gasteiger partial charge in [0.25, 0.3) is 0 Å². The van der Waals surface area contributed by atoms with Gasteiger partial charge in [0.05, 0.1) is 5.41 Å². The maximum Gasteiger partial charge on any atom is 0.176 e. The van der Waals surface area contributed by atoms with Gasteiger partial charge in [-0.05, 0) is 13.3 Å². The Morgan fingerprint density at radius 2 is 1.15 bits per heavy atom. The van der Waals surface area contributed by atoms with E-state index in [2.05, 4.69) is 0 Å². The minimum atomic E-state index is -1.01. The summed E-state index contributed by atoms with van der Waals surface area (Å²) in [4.78, 5) is 25.4. The molecule has 0 fully saturated rings. The predicted octanol–water partition coefficient (Wildman–Crippen LogP) is 4.17. The molecule has 102 valence electrons. The minimum Gasteiger partial charge on any atom is -0.293 e. The average Bonchev–Trinajstić information content (AvgIpc) is 2.54. The molecule has 2 rings (SSSR count). The van der Waals surface area contributed by atoms with E-state index in [1.54, 1.807) is 31.2 Å². The van der Waals surface area contributed by atoms with Crippen LogP contribution in [-0.2, 0) is 0 Å². The third-order valence-corrected chi connectivity index (χ3v) is 3.78. The normalized spacial score (nSPS) is 11.1. The second kappa shape index (κ2) is 5.83. The fourth-order valence-corrected chi connectivity index (χ4v) is 2.24. The lowest BCUT2D eigenvalue weighted by atomic mass is 9.74. The number of Topliss-reactive ketones (excluding diaryl/α,β-unsaturated/α-hetero) is 2. The lowest BCUT2D eigenvalue weighted by molar-refractivity contribution is 0.0681. The molecule has 0 aliphatic carbocycles. The van der Waals surface area contributed by atoms with Crippen LogP contribution in [-0.4, -0.2) is 11.6 Å². The van der Waals surface area contributed by atoms with E-state index in [0.717, 1.165) is 0 Å². The monoisotopic (exact) mass is 266 g/mol. The van der Waals surface area contributed by atoms with E-state index in [1.165, 1.54) is 0 Å². The third kappa shape index (κ3) is 2.55. The Balaban J connectivity index is 2.39. The fourth-order valence-electron chi connectivity index (χ4n) is 2.24. The van der Waals surface area contributed by atoms with Crippen LogP contribution in [0, 0.1) is 5.41 Å². The zero-order chi connectivity index (χ0) is 14.6. The van der Waals surface area contributed by atoms with Crippen molar-refractivity contribution in [2.24, 2.45) is 5.41 Å². The number of carbonyl (C=O) groups excluding carboxylic acids is 2. The van der Waals surface area contributed by atoms with Gasteiger partial charge in [-0.25, -0.2) is 0 Å². The summed E-state index contributed by atoms with van der Waals surface area (Å²) in [5, 5.41) is 0. The zero-order valence-electron chi connectivity index (χ0n) is 11.8. The Bertz CT molecular complexity index is 548. The highest BCUT2D eigenvalue weighted by molar-refractivity contribution is 6.19. The van der Waals surface area contributed by atoms with E-state index in [4.69, 9.17) is 0 Å². The summed E-state index contributed by atoms with van der Waals surface area (Å²) in [5.41, 5.74) is 0.158. The molecule has 2 aromatic carbocycles. The van der Waals surface area contributed by atoms with E-state index in [0.29, 0.717) is 17.5 Å². The van der Waals surface area contributed by atoms with Crippen molar-refractivity contribution in [2.75, 3.05) is 0 Å². The molecule has 0 saturated heterocycles. The second-order valence-electron chi connectivity index (χ2n) is 5.08. The summed E-state index contributed by atoms with van der Waals surface area (Å²) < 4.78 is 0. The van der Waals surface area contributed by atoms with Gasteiger partial charge in [0.15, 0.2) is 11.6 Å². The molecule has 0 aliphatic heterocycles. The van der Waals surface area contributed by atoms with Gasteiger partial charge in [0, 0.05) is 11.1 Å². The number of benzene rings is 2. The summed E-state index contributed by atoms with van der Waals surface area (Å²) >= 11 is 0. The zero-order valence-corrected chi connectivity index (χ0v) is 11.8. The molecule has 0 saturated carbocycles. The highest BCUT2D eigenvalue weighted by atomic mass is 16.2. The summed E-state index contributed by atoms with van der Waals surface area (Å²) in [6.45, 7) is 3.61. The molecule has 0 unspecified atom stereocenters. The van der Waals surface area contributed by atoms with Crippen molar-refractivity contribution in [1.82, 2.24) is 0 Å². The van der Waals surface area contributed by atoms with Crippen molar-refractivity contribution >= 4 is 11.6 Å². The van der Waals surface area contributed by atoms with Crippen molar-refractivity contribution in [1.29, 1.82) is 0 Å². The van der Waals surface area contributed by atoms with Crippen LogP contribution >= 0.6 is 0 Å². The number of carbonyl (C=O) groups is 2. The number of hydrogen-bond donors (Lipinski definition) is 0. The van der Waals surface area contributed by atoms with Crippen molar-refractivity contribution in [3.63, 3.8) is 0 Å². The SMILES string of the molecule is CCC(C)(C(=O)c1ccccc1)C(=O)c1ccccc1. The molecule has 2 aromatic rings. The van der Waals surface area contributed by atoms with Crippen molar-refractivity contribution < 1.29 is 9.59 Å². The van der Waals surface area contributed by atoms with Crippen LogP contribution < -0.4 is 0 Å². The molecular weight excluding hydrogens is 248 g/mol. The van der Waals surface area contributed by atoms with Gasteiger partial charge in [-0.1, -0.05) is 67.6 Å². The first-order chi connectivity index (χ1) is 9.59. The van der Waals surface area contributed by atoms with Crippen LogP contribution in [0.15, 0.2) is 60.7 Å². The summed E-state index contributed by atoms with van der Waals surface area (Å²) in [6.07, 6.45) is 0.481. The van der Waals surface area contributed by atoms with Crippen LogP contribution in [0.5, 0.6) is 0 Å². The van der Waals surface area contributed by atoms with Crippen LogP contribution in [0.4, 0.5) is 0 Å². The quantitative estimate of drug-likeness (QED) is 0.601. The highest BCUT2D eigenvalue weighted by Crippen LogP contribution is 2.30. The second-order valence-corrected chi connectivity index (χ2v) is 5.08.